The molecule has 1 fully saturated rings. The summed E-state index contributed by atoms with van der Waals surface area (Å²) < 4.78 is 80.9. The van der Waals surface area contributed by atoms with Crippen molar-refractivity contribution >= 4 is 0 Å². The fourth-order valence-electron chi connectivity index (χ4n) is 1.05. The fourth-order valence-corrected chi connectivity index (χ4v) is 1.05. The van der Waals surface area contributed by atoms with Crippen molar-refractivity contribution in [2.24, 2.45) is 0 Å². The summed E-state index contributed by atoms with van der Waals surface area (Å²) in [5.74, 6) is -4.53. The summed E-state index contributed by atoms with van der Waals surface area (Å²) in [4.78, 5) is 0. The van der Waals surface area contributed by atoms with Gasteiger partial charge in [0, 0.05) is 0 Å². The first-order valence-corrected chi connectivity index (χ1v) is 3.72. The number of halogens is 6. The third-order valence-electron chi connectivity index (χ3n) is 1.78. The molecule has 2 nitrogen and oxygen atoms in total. The highest BCUT2D eigenvalue weighted by atomic mass is 19.4. The van der Waals surface area contributed by atoms with Crippen LogP contribution < -0.4 is 0 Å². The summed E-state index contributed by atoms with van der Waals surface area (Å²) in [6.07, 6.45) is -12.0. The Morgan fingerprint density at radius 2 is 1.60 bits per heavy atom. The van der Waals surface area contributed by atoms with Gasteiger partial charge in [-0.1, -0.05) is 6.08 Å². The van der Waals surface area contributed by atoms with E-state index in [1.54, 1.807) is 0 Å². The first-order valence-electron chi connectivity index (χ1n) is 3.72. The molecule has 0 aromatic rings. The molecule has 0 spiro atoms. The molecule has 0 bridgehead atoms. The number of hydrogen-bond acceptors (Lipinski definition) is 2. The van der Waals surface area contributed by atoms with Crippen LogP contribution in [0.1, 0.15) is 0 Å². The van der Waals surface area contributed by atoms with E-state index in [4.69, 9.17) is 0 Å². The largest absolute Gasteiger partial charge is 0.453 e. The van der Waals surface area contributed by atoms with Gasteiger partial charge >= 0.3 is 18.1 Å². The van der Waals surface area contributed by atoms with Crippen LogP contribution >= 0.6 is 0 Å². The van der Waals surface area contributed by atoms with E-state index in [0.29, 0.717) is 0 Å². The average Bonchev–Trinajstić information content (AvgIpc) is 2.45. The van der Waals surface area contributed by atoms with Crippen molar-refractivity contribution in [1.29, 1.82) is 0 Å². The molecule has 1 aliphatic rings. The molecule has 1 aliphatic heterocycles. The van der Waals surface area contributed by atoms with Gasteiger partial charge in [-0.05, 0) is 0 Å². The lowest BCUT2D eigenvalue weighted by atomic mass is 10.2. The number of hydrogen-bond donors (Lipinski definition) is 0. The Hall–Kier alpha value is -0.760. The van der Waals surface area contributed by atoms with Crippen LogP contribution in [0.15, 0.2) is 12.7 Å². The molecular formula is C7H6F6O2. The van der Waals surface area contributed by atoms with Gasteiger partial charge in [-0.2, -0.15) is 26.3 Å². The van der Waals surface area contributed by atoms with Gasteiger partial charge in [-0.25, -0.2) is 0 Å². The van der Waals surface area contributed by atoms with Crippen LogP contribution in [-0.4, -0.2) is 30.9 Å². The lowest BCUT2D eigenvalue weighted by molar-refractivity contribution is -0.442. The second-order valence-corrected chi connectivity index (χ2v) is 2.82. The quantitative estimate of drug-likeness (QED) is 0.514. The molecule has 0 N–H and O–H groups in total. The monoisotopic (exact) mass is 236 g/mol. The highest BCUT2D eigenvalue weighted by Gasteiger charge is 2.77. The topological polar surface area (TPSA) is 18.5 Å². The van der Waals surface area contributed by atoms with Gasteiger partial charge in [0.05, 0.1) is 6.61 Å². The molecule has 0 aromatic carbocycles. The Kier molecular flexibility index (Phi) is 2.77. The normalized spacial score (nSPS) is 26.7. The van der Waals surface area contributed by atoms with Gasteiger partial charge in [0.1, 0.15) is 6.10 Å². The maximum Gasteiger partial charge on any atom is 0.453 e. The predicted molar refractivity (Wildman–Crippen MR) is 35.9 cm³/mol. The van der Waals surface area contributed by atoms with Crippen LogP contribution in [0.5, 0.6) is 0 Å². The molecule has 8 heteroatoms. The van der Waals surface area contributed by atoms with E-state index in [0.717, 1.165) is 6.08 Å². The van der Waals surface area contributed by atoms with E-state index in [1.807, 2.05) is 0 Å². The lowest BCUT2D eigenvalue weighted by Crippen LogP contribution is -2.58. The molecule has 0 radical (unpaired) electrons. The van der Waals surface area contributed by atoms with Gasteiger partial charge in [0.25, 0.3) is 0 Å². The van der Waals surface area contributed by atoms with E-state index in [9.17, 15) is 26.3 Å². The smallest absolute Gasteiger partial charge is 0.332 e. The van der Waals surface area contributed by atoms with Crippen LogP contribution in [0.4, 0.5) is 26.3 Å². The fraction of sp³-hybridized carbons (Fsp3) is 0.714. The highest BCUT2D eigenvalue weighted by molar-refractivity contribution is 4.96. The summed E-state index contributed by atoms with van der Waals surface area (Å²) in [7, 11) is 0. The van der Waals surface area contributed by atoms with Crippen molar-refractivity contribution < 1.29 is 35.8 Å². The van der Waals surface area contributed by atoms with Crippen LogP contribution in [0, 0.1) is 0 Å². The highest BCUT2D eigenvalue weighted by Crippen LogP contribution is 2.49. The Labute approximate surface area is 80.5 Å². The van der Waals surface area contributed by atoms with E-state index < -0.39 is 30.9 Å². The van der Waals surface area contributed by atoms with Gasteiger partial charge in [-0.15, -0.1) is 6.58 Å². The summed E-state index contributed by atoms with van der Waals surface area (Å²) in [6, 6.07) is 0. The molecule has 1 unspecified atom stereocenters. The van der Waals surface area contributed by atoms with Crippen molar-refractivity contribution in [3.05, 3.63) is 12.7 Å². The number of alkyl halides is 6. The predicted octanol–water partition coefficient (Wildman–Crippen LogP) is 2.41. The van der Waals surface area contributed by atoms with E-state index in [-0.39, 0.29) is 0 Å². The third kappa shape index (κ3) is 1.83. The Bertz CT molecular complexity index is 241. The molecule has 0 saturated carbocycles. The minimum Gasteiger partial charge on any atom is -0.332 e. The van der Waals surface area contributed by atoms with Crippen LogP contribution in [0.2, 0.25) is 0 Å². The molecule has 1 saturated heterocycles. The summed E-state index contributed by atoms with van der Waals surface area (Å²) in [6.45, 7) is 2.20. The van der Waals surface area contributed by atoms with Gasteiger partial charge < -0.3 is 9.47 Å². The zero-order valence-corrected chi connectivity index (χ0v) is 7.15. The second-order valence-electron chi connectivity index (χ2n) is 2.82. The summed E-state index contributed by atoms with van der Waals surface area (Å²) in [5, 5.41) is 0. The molecule has 15 heavy (non-hydrogen) atoms. The zero-order chi connectivity index (χ0) is 11.9. The van der Waals surface area contributed by atoms with Gasteiger partial charge in [-0.3, -0.25) is 0 Å². The Balaban J connectivity index is 3.06. The van der Waals surface area contributed by atoms with Gasteiger partial charge in [0.2, 0.25) is 0 Å². The van der Waals surface area contributed by atoms with Crippen LogP contribution in [0.25, 0.3) is 0 Å². The molecule has 1 heterocycles. The number of rotatable bonds is 1. The van der Waals surface area contributed by atoms with Crippen LogP contribution in [-0.2, 0) is 9.47 Å². The molecular weight excluding hydrogens is 230 g/mol. The second kappa shape index (κ2) is 3.38. The van der Waals surface area contributed by atoms with E-state index >= 15 is 0 Å². The van der Waals surface area contributed by atoms with E-state index in [2.05, 4.69) is 16.1 Å². The first kappa shape index (κ1) is 12.3. The molecule has 1 atom stereocenters. The van der Waals surface area contributed by atoms with Crippen molar-refractivity contribution in [3.8, 4) is 0 Å². The van der Waals surface area contributed by atoms with Crippen molar-refractivity contribution in [2.75, 3.05) is 6.61 Å². The standard InChI is InChI=1S/C7H6F6O2/c1-2-4-3-14-5(15-4,6(8,9)10)7(11,12)13/h2,4H,1,3H2. The third-order valence-corrected chi connectivity index (χ3v) is 1.78. The zero-order valence-electron chi connectivity index (χ0n) is 7.15. The van der Waals surface area contributed by atoms with Crippen molar-refractivity contribution in [1.82, 2.24) is 0 Å². The molecule has 0 amide bonds. The first-order chi connectivity index (χ1) is 6.64. The molecule has 88 valence electrons. The van der Waals surface area contributed by atoms with E-state index in [1.165, 1.54) is 0 Å². The lowest BCUT2D eigenvalue weighted by Gasteiger charge is -2.31. The summed E-state index contributed by atoms with van der Waals surface area (Å²) >= 11 is 0. The maximum atomic E-state index is 12.2. The SMILES string of the molecule is C=CC1COC(C(F)(F)F)(C(F)(F)F)O1. The van der Waals surface area contributed by atoms with Crippen molar-refractivity contribution in [3.63, 3.8) is 0 Å². The average molecular weight is 236 g/mol. The minimum atomic E-state index is -5.68. The molecule has 1 rings (SSSR count). The Morgan fingerprint density at radius 3 is 1.80 bits per heavy atom. The molecule has 0 aromatic heterocycles. The molecule has 0 aliphatic carbocycles. The number of ether oxygens (including phenoxy) is 2. The van der Waals surface area contributed by atoms with Gasteiger partial charge in [0.15, 0.2) is 0 Å². The maximum absolute atomic E-state index is 12.2. The Morgan fingerprint density at radius 1 is 1.13 bits per heavy atom. The van der Waals surface area contributed by atoms with Crippen LogP contribution in [0.3, 0.4) is 0 Å². The van der Waals surface area contributed by atoms with Crippen molar-refractivity contribution in [2.45, 2.75) is 24.2 Å². The summed E-state index contributed by atoms with van der Waals surface area (Å²) in [5.41, 5.74) is 0. The minimum absolute atomic E-state index is 0.819.